The molecule has 1 fully saturated rings. The molecule has 1 atom stereocenters. The molecule has 5 nitrogen and oxygen atoms in total. The number of fused-ring (bicyclic) bond motifs is 1. The van der Waals surface area contributed by atoms with Crippen molar-refractivity contribution in [2.75, 3.05) is 18.4 Å². The summed E-state index contributed by atoms with van der Waals surface area (Å²) in [4.78, 5) is 8.61. The number of aromatic nitrogens is 2. The van der Waals surface area contributed by atoms with Crippen LogP contribution in [0, 0.1) is 0 Å². The van der Waals surface area contributed by atoms with E-state index in [-0.39, 0.29) is 18.5 Å². The third-order valence-electron chi connectivity index (χ3n) is 4.70. The molecule has 1 aliphatic carbocycles. The van der Waals surface area contributed by atoms with Crippen LogP contribution in [0.1, 0.15) is 24.0 Å². The summed E-state index contributed by atoms with van der Waals surface area (Å²) in [6, 6.07) is 11.0. The summed E-state index contributed by atoms with van der Waals surface area (Å²) in [5.74, 6) is 1.53. The Labute approximate surface area is 148 Å². The molecular formula is C18H23ClN4O. The lowest BCUT2D eigenvalue weighted by Gasteiger charge is -2.21. The highest BCUT2D eigenvalue weighted by Crippen LogP contribution is 2.24. The van der Waals surface area contributed by atoms with Gasteiger partial charge >= 0.3 is 0 Å². The number of nitrogens with two attached hydrogens (primary N) is 1. The minimum absolute atomic E-state index is 0. The van der Waals surface area contributed by atoms with Crippen molar-refractivity contribution in [3.05, 3.63) is 47.8 Å². The molecule has 0 bridgehead atoms. The molecule has 2 aliphatic rings. The Morgan fingerprint density at radius 3 is 2.62 bits per heavy atom. The monoisotopic (exact) mass is 346 g/mol. The Kier molecular flexibility index (Phi) is 5.53. The zero-order valence-corrected chi connectivity index (χ0v) is 14.4. The third-order valence-corrected chi connectivity index (χ3v) is 4.70. The second-order valence-corrected chi connectivity index (χ2v) is 6.45. The van der Waals surface area contributed by atoms with E-state index in [9.17, 15) is 0 Å². The number of anilines is 1. The lowest BCUT2D eigenvalue weighted by Crippen LogP contribution is -3.00. The molecule has 0 radical (unpaired) electrons. The number of hydrogen-bond donors (Lipinski definition) is 2. The number of rotatable bonds is 4. The first-order chi connectivity index (χ1) is 11.4. The minimum atomic E-state index is 0. The number of ether oxygens (including phenoxy) is 1. The highest BCUT2D eigenvalue weighted by Gasteiger charge is 2.22. The smallest absolute Gasteiger partial charge is 0.218 e. The molecule has 1 aromatic heterocycles. The van der Waals surface area contributed by atoms with Crippen LogP contribution in [-0.2, 0) is 12.8 Å². The fourth-order valence-electron chi connectivity index (χ4n) is 3.54. The molecule has 0 saturated carbocycles. The lowest BCUT2D eigenvalue weighted by atomic mass is 10.1. The van der Waals surface area contributed by atoms with Crippen LogP contribution < -0.4 is 27.8 Å². The zero-order valence-electron chi connectivity index (χ0n) is 13.6. The summed E-state index contributed by atoms with van der Waals surface area (Å²) in [6.45, 7) is 2.23. The summed E-state index contributed by atoms with van der Waals surface area (Å²) >= 11 is 0. The highest BCUT2D eigenvalue weighted by molar-refractivity contribution is 5.42. The SMILES string of the molecule is [Cl-].c1ccc2c(c1)CC(Nc1cc(OC3CCC[NH2+]C3)ncn1)C2. The van der Waals surface area contributed by atoms with E-state index >= 15 is 0 Å². The molecule has 4 rings (SSSR count). The fourth-order valence-corrected chi connectivity index (χ4v) is 3.54. The predicted octanol–water partition coefficient (Wildman–Crippen LogP) is -1.84. The number of hydrogen-bond acceptors (Lipinski definition) is 4. The summed E-state index contributed by atoms with van der Waals surface area (Å²) in [5, 5.41) is 5.84. The normalized spacial score (nSPS) is 20.1. The van der Waals surface area contributed by atoms with Crippen molar-refractivity contribution in [2.45, 2.75) is 37.8 Å². The van der Waals surface area contributed by atoms with Gasteiger partial charge in [-0.05, 0) is 30.4 Å². The number of benzene rings is 1. The van der Waals surface area contributed by atoms with Gasteiger partial charge in [-0.3, -0.25) is 0 Å². The van der Waals surface area contributed by atoms with Crippen molar-refractivity contribution in [3.63, 3.8) is 0 Å². The maximum absolute atomic E-state index is 6.00. The first kappa shape index (κ1) is 17.0. The lowest BCUT2D eigenvalue weighted by molar-refractivity contribution is -0.668. The first-order valence-electron chi connectivity index (χ1n) is 8.50. The van der Waals surface area contributed by atoms with Gasteiger partial charge in [-0.2, -0.15) is 0 Å². The molecule has 1 saturated heterocycles. The molecule has 24 heavy (non-hydrogen) atoms. The van der Waals surface area contributed by atoms with Crippen LogP contribution in [0.4, 0.5) is 5.82 Å². The Hall–Kier alpha value is -1.85. The van der Waals surface area contributed by atoms with Crippen molar-refractivity contribution in [1.29, 1.82) is 0 Å². The maximum atomic E-state index is 6.00. The van der Waals surface area contributed by atoms with Gasteiger partial charge in [0, 0.05) is 18.5 Å². The second-order valence-electron chi connectivity index (χ2n) is 6.45. The average Bonchev–Trinajstić information content (AvgIpc) is 2.98. The minimum Gasteiger partial charge on any atom is -1.00 e. The average molecular weight is 347 g/mol. The quantitative estimate of drug-likeness (QED) is 0.683. The van der Waals surface area contributed by atoms with Gasteiger partial charge in [-0.1, -0.05) is 24.3 Å². The molecule has 0 spiro atoms. The fraction of sp³-hybridized carbons (Fsp3) is 0.444. The van der Waals surface area contributed by atoms with Crippen molar-refractivity contribution in [1.82, 2.24) is 9.97 Å². The van der Waals surface area contributed by atoms with Gasteiger partial charge in [0.25, 0.3) is 0 Å². The van der Waals surface area contributed by atoms with E-state index < -0.39 is 0 Å². The Morgan fingerprint density at radius 1 is 1.12 bits per heavy atom. The van der Waals surface area contributed by atoms with Crippen molar-refractivity contribution >= 4 is 5.82 Å². The molecule has 3 N–H and O–H groups in total. The van der Waals surface area contributed by atoms with Gasteiger partial charge in [-0.15, -0.1) is 0 Å². The van der Waals surface area contributed by atoms with Gasteiger partial charge in [-0.25, -0.2) is 9.97 Å². The first-order valence-corrected chi connectivity index (χ1v) is 8.50. The van der Waals surface area contributed by atoms with Crippen molar-refractivity contribution in [3.8, 4) is 5.88 Å². The number of piperidine rings is 1. The van der Waals surface area contributed by atoms with Gasteiger partial charge in [0.05, 0.1) is 6.54 Å². The van der Waals surface area contributed by atoms with Crippen LogP contribution in [-0.4, -0.2) is 35.2 Å². The van der Waals surface area contributed by atoms with E-state index in [0.29, 0.717) is 11.9 Å². The molecular weight excluding hydrogens is 324 g/mol. The van der Waals surface area contributed by atoms with Gasteiger partial charge in [0.15, 0.2) is 0 Å². The van der Waals surface area contributed by atoms with Gasteiger partial charge in [0.2, 0.25) is 5.88 Å². The molecule has 1 aromatic carbocycles. The maximum Gasteiger partial charge on any atom is 0.218 e. The summed E-state index contributed by atoms with van der Waals surface area (Å²) < 4.78 is 6.00. The molecule has 2 aromatic rings. The van der Waals surface area contributed by atoms with Gasteiger partial charge in [0.1, 0.15) is 24.8 Å². The molecule has 1 aliphatic heterocycles. The van der Waals surface area contributed by atoms with Gasteiger partial charge < -0.3 is 27.8 Å². The highest BCUT2D eigenvalue weighted by atomic mass is 35.5. The molecule has 128 valence electrons. The standard InChI is InChI=1S/C18H22N4O.ClH/c1-2-5-14-9-15(8-13(14)4-1)22-17-10-18(21-12-20-17)23-16-6-3-7-19-11-16;/h1-2,4-5,10,12,15-16,19H,3,6-9,11H2,(H,20,21,22);1H. The summed E-state index contributed by atoms with van der Waals surface area (Å²) in [7, 11) is 0. The van der Waals surface area contributed by atoms with E-state index in [1.165, 1.54) is 24.1 Å². The van der Waals surface area contributed by atoms with E-state index in [2.05, 4.69) is 44.9 Å². The van der Waals surface area contributed by atoms with Crippen LogP contribution in [0.15, 0.2) is 36.7 Å². The zero-order chi connectivity index (χ0) is 15.5. The topological polar surface area (TPSA) is 63.6 Å². The van der Waals surface area contributed by atoms with Crippen molar-refractivity contribution < 1.29 is 22.5 Å². The number of quaternary nitrogens is 1. The molecule has 0 amide bonds. The van der Waals surface area contributed by atoms with Crippen molar-refractivity contribution in [2.24, 2.45) is 0 Å². The summed E-state index contributed by atoms with van der Waals surface area (Å²) in [5.41, 5.74) is 2.88. The molecule has 1 unspecified atom stereocenters. The Morgan fingerprint density at radius 2 is 1.92 bits per heavy atom. The van der Waals surface area contributed by atoms with Crippen LogP contribution >= 0.6 is 0 Å². The summed E-state index contributed by atoms with van der Waals surface area (Å²) in [6.07, 6.45) is 6.28. The van der Waals surface area contributed by atoms with Crippen LogP contribution in [0.25, 0.3) is 0 Å². The number of nitrogens with zero attached hydrogens (tertiary/aromatic N) is 2. The van der Waals surface area contributed by atoms with E-state index in [4.69, 9.17) is 4.74 Å². The van der Waals surface area contributed by atoms with E-state index in [1.54, 1.807) is 6.33 Å². The second kappa shape index (κ2) is 7.81. The molecule has 6 heteroatoms. The van der Waals surface area contributed by atoms with Crippen LogP contribution in [0.3, 0.4) is 0 Å². The van der Waals surface area contributed by atoms with E-state index in [0.717, 1.165) is 31.6 Å². The third kappa shape index (κ3) is 3.97. The predicted molar refractivity (Wildman–Crippen MR) is 88.6 cm³/mol. The Balaban J connectivity index is 0.00000169. The largest absolute Gasteiger partial charge is 1.00 e. The Bertz CT molecular complexity index is 651. The molecule has 2 heterocycles. The van der Waals surface area contributed by atoms with Crippen LogP contribution in [0.5, 0.6) is 5.88 Å². The van der Waals surface area contributed by atoms with Crippen LogP contribution in [0.2, 0.25) is 0 Å². The number of halogens is 1. The number of nitrogens with one attached hydrogen (secondary N) is 1. The van der Waals surface area contributed by atoms with E-state index in [1.807, 2.05) is 6.07 Å².